The van der Waals surface area contributed by atoms with Crippen LogP contribution >= 0.6 is 0 Å². The molecule has 1 saturated carbocycles. The Hall–Kier alpha value is -2.91. The Balaban J connectivity index is 1.88. The van der Waals surface area contributed by atoms with Gasteiger partial charge in [0.25, 0.3) is 5.91 Å². The average Bonchev–Trinajstić information content (AvgIpc) is 3.56. The van der Waals surface area contributed by atoms with Gasteiger partial charge in [-0.15, -0.1) is 0 Å². The summed E-state index contributed by atoms with van der Waals surface area (Å²) < 4.78 is 38.0. The first-order valence-electron chi connectivity index (χ1n) is 9.88. The molecule has 2 N–H and O–H groups in total. The minimum Gasteiger partial charge on any atom is -0.495 e. The highest BCUT2D eigenvalue weighted by Gasteiger charge is 2.30. The smallest absolute Gasteiger partial charge is 0.307 e. The summed E-state index contributed by atoms with van der Waals surface area (Å²) in [5, 5.41) is 2.81. The van der Waals surface area contributed by atoms with Crippen molar-refractivity contribution in [3.8, 4) is 5.75 Å². The molecule has 1 unspecified atom stereocenters. The van der Waals surface area contributed by atoms with E-state index >= 15 is 0 Å². The van der Waals surface area contributed by atoms with E-state index < -0.39 is 27.9 Å². The molecule has 1 aliphatic rings. The number of methoxy groups -OCH3 is 2. The summed E-state index contributed by atoms with van der Waals surface area (Å²) in [4.78, 5) is 24.7. The number of hydrogen-bond donors (Lipinski definition) is 2. The molecule has 0 saturated heterocycles. The van der Waals surface area contributed by atoms with Crippen LogP contribution in [0, 0.1) is 6.92 Å². The Morgan fingerprint density at radius 3 is 2.35 bits per heavy atom. The fourth-order valence-electron chi connectivity index (χ4n) is 3.05. The summed E-state index contributed by atoms with van der Waals surface area (Å²) in [5.74, 6) is -0.841. The Bertz CT molecular complexity index is 1060. The molecular formula is C22H26N2O6S. The number of nitrogens with one attached hydrogen (secondary N) is 2. The van der Waals surface area contributed by atoms with Crippen LogP contribution in [-0.4, -0.2) is 40.6 Å². The quantitative estimate of drug-likeness (QED) is 0.573. The molecule has 0 radical (unpaired) electrons. The third-order valence-corrected chi connectivity index (χ3v) is 6.54. The van der Waals surface area contributed by atoms with E-state index in [-0.39, 0.29) is 28.7 Å². The number of carbonyl (C=O) groups is 2. The highest BCUT2D eigenvalue weighted by molar-refractivity contribution is 7.89. The number of carbonyl (C=O) groups excluding carboxylic acids is 2. The van der Waals surface area contributed by atoms with E-state index in [1.54, 1.807) is 0 Å². The highest BCUT2D eigenvalue weighted by Crippen LogP contribution is 2.29. The van der Waals surface area contributed by atoms with Crippen molar-refractivity contribution < 1.29 is 27.5 Å². The predicted octanol–water partition coefficient (Wildman–Crippen LogP) is 2.48. The fourth-order valence-corrected chi connectivity index (χ4v) is 4.55. The van der Waals surface area contributed by atoms with Gasteiger partial charge in [0.2, 0.25) is 10.0 Å². The number of benzene rings is 2. The molecule has 1 atom stereocenters. The van der Waals surface area contributed by atoms with Crippen LogP contribution in [0.3, 0.4) is 0 Å². The van der Waals surface area contributed by atoms with Crippen molar-refractivity contribution in [3.63, 3.8) is 0 Å². The Morgan fingerprint density at radius 1 is 1.10 bits per heavy atom. The van der Waals surface area contributed by atoms with Gasteiger partial charge in [0.1, 0.15) is 10.6 Å². The van der Waals surface area contributed by atoms with E-state index in [1.807, 2.05) is 31.2 Å². The molecule has 9 heteroatoms. The zero-order chi connectivity index (χ0) is 22.6. The first-order valence-corrected chi connectivity index (χ1v) is 11.4. The van der Waals surface area contributed by atoms with Crippen molar-refractivity contribution in [2.45, 2.75) is 43.2 Å². The maximum atomic E-state index is 13.0. The van der Waals surface area contributed by atoms with Crippen LogP contribution in [0.2, 0.25) is 0 Å². The van der Waals surface area contributed by atoms with Crippen LogP contribution in [-0.2, 0) is 19.6 Å². The van der Waals surface area contributed by atoms with Gasteiger partial charge < -0.3 is 14.8 Å². The number of sulfonamides is 1. The topological polar surface area (TPSA) is 111 Å². The molecule has 31 heavy (non-hydrogen) atoms. The Labute approximate surface area is 182 Å². The van der Waals surface area contributed by atoms with Crippen molar-refractivity contribution in [2.24, 2.45) is 0 Å². The van der Waals surface area contributed by atoms with Gasteiger partial charge in [0.05, 0.1) is 26.7 Å². The van der Waals surface area contributed by atoms with Gasteiger partial charge in [-0.2, -0.15) is 0 Å². The lowest BCUT2D eigenvalue weighted by molar-refractivity contribution is -0.141. The molecule has 8 nitrogen and oxygen atoms in total. The number of hydrogen-bond acceptors (Lipinski definition) is 6. The molecule has 0 aliphatic heterocycles. The zero-order valence-corrected chi connectivity index (χ0v) is 18.5. The first kappa shape index (κ1) is 22.8. The fraction of sp³-hybridized carbons (Fsp3) is 0.364. The lowest BCUT2D eigenvalue weighted by Crippen LogP contribution is -2.31. The van der Waals surface area contributed by atoms with E-state index in [9.17, 15) is 18.0 Å². The van der Waals surface area contributed by atoms with Crippen LogP contribution in [0.4, 0.5) is 0 Å². The molecule has 0 spiro atoms. The second-order valence-electron chi connectivity index (χ2n) is 7.48. The normalized spacial score (nSPS) is 14.5. The average molecular weight is 447 g/mol. The van der Waals surface area contributed by atoms with Gasteiger partial charge >= 0.3 is 5.97 Å². The van der Waals surface area contributed by atoms with Crippen LogP contribution in [0.5, 0.6) is 5.75 Å². The summed E-state index contributed by atoms with van der Waals surface area (Å²) in [7, 11) is -1.18. The van der Waals surface area contributed by atoms with Gasteiger partial charge in [-0.25, -0.2) is 13.1 Å². The summed E-state index contributed by atoms with van der Waals surface area (Å²) in [6.07, 6.45) is 1.51. The summed E-state index contributed by atoms with van der Waals surface area (Å²) in [6, 6.07) is 10.9. The molecule has 0 aromatic heterocycles. The van der Waals surface area contributed by atoms with E-state index in [0.717, 1.165) is 24.0 Å². The van der Waals surface area contributed by atoms with Gasteiger partial charge in [-0.05, 0) is 43.5 Å². The minimum atomic E-state index is -3.83. The molecule has 2 aromatic carbocycles. The van der Waals surface area contributed by atoms with E-state index in [0.29, 0.717) is 0 Å². The summed E-state index contributed by atoms with van der Waals surface area (Å²) in [5.41, 5.74) is 1.92. The number of amides is 1. The zero-order valence-electron chi connectivity index (χ0n) is 17.7. The second kappa shape index (κ2) is 9.49. The van der Waals surface area contributed by atoms with Crippen molar-refractivity contribution in [3.05, 3.63) is 59.2 Å². The molecule has 0 bridgehead atoms. The standard InChI is InChI=1S/C22H26N2O6S/c1-14-4-6-15(7-5-14)18(13-21(25)30-3)23-22(26)16-8-11-19(29-2)20(12-16)31(27,28)24-17-9-10-17/h4-8,11-12,17-18,24H,9-10,13H2,1-3H3,(H,23,26). The molecule has 166 valence electrons. The Morgan fingerprint density at radius 2 is 1.77 bits per heavy atom. The third-order valence-electron chi connectivity index (χ3n) is 5.00. The van der Waals surface area contributed by atoms with Crippen LogP contribution in [0.1, 0.15) is 46.8 Å². The molecule has 1 fully saturated rings. The molecule has 3 rings (SSSR count). The largest absolute Gasteiger partial charge is 0.495 e. The van der Waals surface area contributed by atoms with Crippen molar-refractivity contribution in [2.75, 3.05) is 14.2 Å². The Kier molecular flexibility index (Phi) is 6.97. The van der Waals surface area contributed by atoms with Crippen molar-refractivity contribution in [1.29, 1.82) is 0 Å². The van der Waals surface area contributed by atoms with Crippen LogP contribution in [0.25, 0.3) is 0 Å². The van der Waals surface area contributed by atoms with Gasteiger partial charge in [-0.1, -0.05) is 29.8 Å². The monoisotopic (exact) mass is 446 g/mol. The van der Waals surface area contributed by atoms with Gasteiger partial charge in [0, 0.05) is 11.6 Å². The maximum absolute atomic E-state index is 13.0. The third kappa shape index (κ3) is 5.83. The van der Waals surface area contributed by atoms with Crippen molar-refractivity contribution in [1.82, 2.24) is 10.0 Å². The molecule has 1 aliphatic carbocycles. The van der Waals surface area contributed by atoms with E-state index in [1.165, 1.54) is 32.4 Å². The first-order chi connectivity index (χ1) is 14.7. The SMILES string of the molecule is COC(=O)CC(NC(=O)c1ccc(OC)c(S(=O)(=O)NC2CC2)c1)c1ccc(C)cc1. The number of esters is 1. The highest BCUT2D eigenvalue weighted by atomic mass is 32.2. The lowest BCUT2D eigenvalue weighted by Gasteiger charge is -2.19. The van der Waals surface area contributed by atoms with E-state index in [2.05, 4.69) is 10.0 Å². The molecular weight excluding hydrogens is 420 g/mol. The van der Waals surface area contributed by atoms with Crippen molar-refractivity contribution >= 4 is 21.9 Å². The summed E-state index contributed by atoms with van der Waals surface area (Å²) >= 11 is 0. The number of aryl methyl sites for hydroxylation is 1. The lowest BCUT2D eigenvalue weighted by atomic mass is 10.0. The van der Waals surface area contributed by atoms with Crippen LogP contribution < -0.4 is 14.8 Å². The second-order valence-corrected chi connectivity index (χ2v) is 9.16. The molecule has 2 aromatic rings. The maximum Gasteiger partial charge on any atom is 0.307 e. The van der Waals surface area contributed by atoms with Gasteiger partial charge in [0.15, 0.2) is 0 Å². The van der Waals surface area contributed by atoms with Crippen LogP contribution in [0.15, 0.2) is 47.4 Å². The van der Waals surface area contributed by atoms with Gasteiger partial charge in [-0.3, -0.25) is 9.59 Å². The number of ether oxygens (including phenoxy) is 2. The van der Waals surface area contributed by atoms with E-state index in [4.69, 9.17) is 9.47 Å². The summed E-state index contributed by atoms with van der Waals surface area (Å²) in [6.45, 7) is 1.94. The predicted molar refractivity (Wildman–Crippen MR) is 114 cm³/mol. The number of rotatable bonds is 9. The minimum absolute atomic E-state index is 0.0597. The molecule has 1 amide bonds. The molecule has 0 heterocycles.